The van der Waals surface area contributed by atoms with Gasteiger partial charge in [-0.15, -0.1) is 0 Å². The lowest BCUT2D eigenvalue weighted by molar-refractivity contribution is 0.471. The van der Waals surface area contributed by atoms with E-state index in [1.165, 1.54) is 0 Å². The van der Waals surface area contributed by atoms with Gasteiger partial charge in [0.05, 0.1) is 23.8 Å². The summed E-state index contributed by atoms with van der Waals surface area (Å²) < 4.78 is 55.5. The van der Waals surface area contributed by atoms with Gasteiger partial charge in [0.15, 0.2) is 17.3 Å². The summed E-state index contributed by atoms with van der Waals surface area (Å²) in [5.41, 5.74) is 4.93. The highest BCUT2D eigenvalue weighted by Crippen LogP contribution is 2.22. The van der Waals surface area contributed by atoms with Crippen LogP contribution in [0.3, 0.4) is 0 Å². The van der Waals surface area contributed by atoms with Crippen molar-refractivity contribution in [3.8, 4) is 0 Å². The van der Waals surface area contributed by atoms with Crippen LogP contribution in [0.25, 0.3) is 11.0 Å². The second-order valence-corrected chi connectivity index (χ2v) is 5.04. The molecule has 0 radical (unpaired) electrons. The number of pyridine rings is 1. The van der Waals surface area contributed by atoms with Crippen molar-refractivity contribution in [2.75, 3.05) is 6.54 Å². The number of nitrogens with one attached hydrogen (secondary N) is 1. The van der Waals surface area contributed by atoms with Crippen molar-refractivity contribution in [1.82, 2.24) is 14.8 Å². The Morgan fingerprint density at radius 1 is 1.17 bits per heavy atom. The van der Waals surface area contributed by atoms with Crippen LogP contribution in [0.1, 0.15) is 11.3 Å². The number of aromatic nitrogens is 3. The van der Waals surface area contributed by atoms with Crippen molar-refractivity contribution >= 4 is 16.7 Å². The van der Waals surface area contributed by atoms with Gasteiger partial charge in [0.1, 0.15) is 17.3 Å². The van der Waals surface area contributed by atoms with E-state index in [2.05, 4.69) is 10.1 Å². The molecule has 0 aliphatic carbocycles. The number of halogens is 4. The summed E-state index contributed by atoms with van der Waals surface area (Å²) in [5, 5.41) is 12.0. The Kier molecular flexibility index (Phi) is 4.02. The van der Waals surface area contributed by atoms with Crippen molar-refractivity contribution in [3.63, 3.8) is 0 Å². The topological polar surface area (TPSA) is 80.6 Å². The third-order valence-electron chi connectivity index (χ3n) is 3.49. The van der Waals surface area contributed by atoms with Gasteiger partial charge in [-0.25, -0.2) is 27.2 Å². The van der Waals surface area contributed by atoms with E-state index in [1.807, 2.05) is 0 Å². The zero-order valence-corrected chi connectivity index (χ0v) is 12.2. The molecule has 1 aromatic carbocycles. The normalized spacial score (nSPS) is 11.2. The lowest BCUT2D eigenvalue weighted by atomic mass is 10.2. The van der Waals surface area contributed by atoms with Crippen LogP contribution >= 0.6 is 0 Å². The summed E-state index contributed by atoms with van der Waals surface area (Å²) >= 11 is 0. The SMILES string of the molecule is N=C(CN)c1nn(Cc2c(F)ccc(F)c2F)c2ncc(F)cc12. The highest BCUT2D eigenvalue weighted by Gasteiger charge is 2.20. The molecule has 9 heteroatoms. The van der Waals surface area contributed by atoms with Gasteiger partial charge in [-0.05, 0) is 18.2 Å². The monoisotopic (exact) mass is 337 g/mol. The third-order valence-corrected chi connectivity index (χ3v) is 3.49. The van der Waals surface area contributed by atoms with Crippen LogP contribution in [0.4, 0.5) is 17.6 Å². The first kappa shape index (κ1) is 16.1. The van der Waals surface area contributed by atoms with Crippen LogP contribution in [-0.2, 0) is 6.54 Å². The van der Waals surface area contributed by atoms with Crippen LogP contribution in [0.2, 0.25) is 0 Å². The van der Waals surface area contributed by atoms with Gasteiger partial charge in [0, 0.05) is 12.1 Å². The van der Waals surface area contributed by atoms with E-state index in [9.17, 15) is 17.6 Å². The van der Waals surface area contributed by atoms with Gasteiger partial charge in [-0.3, -0.25) is 0 Å². The number of benzene rings is 1. The summed E-state index contributed by atoms with van der Waals surface area (Å²) in [4.78, 5) is 3.85. The van der Waals surface area contributed by atoms with Crippen LogP contribution in [0.5, 0.6) is 0 Å². The fourth-order valence-electron chi connectivity index (χ4n) is 2.33. The number of nitrogens with zero attached hydrogens (tertiary/aromatic N) is 3. The van der Waals surface area contributed by atoms with Crippen molar-refractivity contribution in [3.05, 3.63) is 58.9 Å². The first-order valence-electron chi connectivity index (χ1n) is 6.84. The summed E-state index contributed by atoms with van der Waals surface area (Å²) in [6, 6.07) is 2.58. The van der Waals surface area contributed by atoms with E-state index in [4.69, 9.17) is 11.1 Å². The molecular weight excluding hydrogens is 326 g/mol. The summed E-state index contributed by atoms with van der Waals surface area (Å²) in [7, 11) is 0. The highest BCUT2D eigenvalue weighted by atomic mass is 19.2. The molecule has 2 aromatic heterocycles. The second kappa shape index (κ2) is 6.00. The van der Waals surface area contributed by atoms with Crippen molar-refractivity contribution in [2.45, 2.75) is 6.54 Å². The number of hydrogen-bond donors (Lipinski definition) is 2. The molecule has 5 nitrogen and oxygen atoms in total. The molecule has 124 valence electrons. The van der Waals surface area contributed by atoms with E-state index < -0.39 is 35.4 Å². The molecule has 0 amide bonds. The molecule has 3 aromatic rings. The van der Waals surface area contributed by atoms with Gasteiger partial charge in [-0.1, -0.05) is 0 Å². The summed E-state index contributed by atoms with van der Waals surface area (Å²) in [6.45, 7) is -0.631. The van der Waals surface area contributed by atoms with Gasteiger partial charge in [0.25, 0.3) is 0 Å². The molecular formula is C15H11F4N5. The minimum absolute atomic E-state index is 0.0525. The van der Waals surface area contributed by atoms with Crippen LogP contribution in [-0.4, -0.2) is 27.0 Å². The van der Waals surface area contributed by atoms with Crippen LogP contribution < -0.4 is 5.73 Å². The summed E-state index contributed by atoms with van der Waals surface area (Å²) in [5.74, 6) is -4.14. The molecule has 0 unspecified atom stereocenters. The molecule has 3 N–H and O–H groups in total. The molecule has 3 rings (SSSR count). The Morgan fingerprint density at radius 3 is 2.58 bits per heavy atom. The van der Waals surface area contributed by atoms with Gasteiger partial charge >= 0.3 is 0 Å². The molecule has 0 atom stereocenters. The predicted octanol–water partition coefficient (Wildman–Crippen LogP) is 2.36. The highest BCUT2D eigenvalue weighted by molar-refractivity contribution is 6.07. The number of hydrogen-bond acceptors (Lipinski definition) is 4. The zero-order chi connectivity index (χ0) is 17.4. The number of rotatable bonds is 4. The molecule has 2 heterocycles. The quantitative estimate of drug-likeness (QED) is 0.436. The lowest BCUT2D eigenvalue weighted by Gasteiger charge is -2.06. The van der Waals surface area contributed by atoms with Gasteiger partial charge < -0.3 is 11.1 Å². The number of fused-ring (bicyclic) bond motifs is 1. The Balaban J connectivity index is 2.18. The van der Waals surface area contributed by atoms with Crippen molar-refractivity contribution < 1.29 is 17.6 Å². The minimum Gasteiger partial charge on any atom is -0.325 e. The molecule has 0 aliphatic rings. The van der Waals surface area contributed by atoms with Gasteiger partial charge in [0.2, 0.25) is 0 Å². The van der Waals surface area contributed by atoms with Crippen molar-refractivity contribution in [2.24, 2.45) is 5.73 Å². The maximum absolute atomic E-state index is 13.8. The smallest absolute Gasteiger partial charge is 0.166 e. The third kappa shape index (κ3) is 2.62. The molecule has 0 spiro atoms. The fourth-order valence-corrected chi connectivity index (χ4v) is 2.33. The lowest BCUT2D eigenvalue weighted by Crippen LogP contribution is -2.15. The largest absolute Gasteiger partial charge is 0.325 e. The Hall–Kier alpha value is -2.81. The average Bonchev–Trinajstić information content (AvgIpc) is 2.92. The van der Waals surface area contributed by atoms with E-state index in [0.29, 0.717) is 6.07 Å². The van der Waals surface area contributed by atoms with E-state index in [1.54, 1.807) is 0 Å². The molecule has 0 aliphatic heterocycles. The van der Waals surface area contributed by atoms with Gasteiger partial charge in [-0.2, -0.15) is 5.10 Å². The van der Waals surface area contributed by atoms with Crippen LogP contribution in [0.15, 0.2) is 24.4 Å². The first-order chi connectivity index (χ1) is 11.4. The van der Waals surface area contributed by atoms with Crippen molar-refractivity contribution in [1.29, 1.82) is 5.41 Å². The Labute approximate surface area is 133 Å². The summed E-state index contributed by atoms with van der Waals surface area (Å²) in [6.07, 6.45) is 0.911. The van der Waals surface area contributed by atoms with Crippen LogP contribution in [0, 0.1) is 28.7 Å². The maximum Gasteiger partial charge on any atom is 0.166 e. The van der Waals surface area contributed by atoms with E-state index >= 15 is 0 Å². The molecule has 0 saturated carbocycles. The van der Waals surface area contributed by atoms with E-state index in [-0.39, 0.29) is 29.0 Å². The molecule has 0 saturated heterocycles. The average molecular weight is 337 g/mol. The van der Waals surface area contributed by atoms with E-state index in [0.717, 1.165) is 23.0 Å². The molecule has 0 bridgehead atoms. The molecule has 24 heavy (non-hydrogen) atoms. The maximum atomic E-state index is 13.8. The minimum atomic E-state index is -1.34. The zero-order valence-electron chi connectivity index (χ0n) is 12.2. The molecule has 0 fully saturated rings. The first-order valence-corrected chi connectivity index (χ1v) is 6.84. The fraction of sp³-hybridized carbons (Fsp3) is 0.133. The predicted molar refractivity (Wildman–Crippen MR) is 78.8 cm³/mol. The standard InChI is InChI=1S/C15H11F4N5/c16-7-3-8-14(12(21)4-20)23-24(15(8)22-5-7)6-9-10(17)1-2-11(18)13(9)19/h1-3,5,21H,4,6,20H2. The Bertz CT molecular complexity index is 951. The number of nitrogens with two attached hydrogens (primary N) is 1. The second-order valence-electron chi connectivity index (χ2n) is 5.04. The Morgan fingerprint density at radius 2 is 1.88 bits per heavy atom.